The molecule has 0 radical (unpaired) electrons. The van der Waals surface area contributed by atoms with Gasteiger partial charge in [0.25, 0.3) is 0 Å². The maximum Gasteiger partial charge on any atom is 0.224 e. The van der Waals surface area contributed by atoms with Gasteiger partial charge in [0, 0.05) is 13.1 Å². The molecule has 0 bridgehead atoms. The first kappa shape index (κ1) is 17.4. The van der Waals surface area contributed by atoms with Crippen molar-refractivity contribution in [3.05, 3.63) is 0 Å². The van der Waals surface area contributed by atoms with Crippen molar-refractivity contribution in [2.24, 2.45) is 17.6 Å². The van der Waals surface area contributed by atoms with Crippen LogP contribution in [0.2, 0.25) is 0 Å². The standard InChI is InChI=1S/C15H32N2O/c1-4-5-6-7-8-9-10-17-15(18)14(12-16)11-13(2)3/h13-14H,4-12,16H2,1-3H3,(H,17,18). The number of nitrogens with two attached hydrogens (primary N) is 1. The van der Waals surface area contributed by atoms with Crippen molar-refractivity contribution in [3.63, 3.8) is 0 Å². The van der Waals surface area contributed by atoms with E-state index in [-0.39, 0.29) is 11.8 Å². The van der Waals surface area contributed by atoms with Gasteiger partial charge in [-0.2, -0.15) is 0 Å². The molecule has 1 atom stereocenters. The fourth-order valence-corrected chi connectivity index (χ4v) is 2.14. The van der Waals surface area contributed by atoms with E-state index in [2.05, 4.69) is 26.1 Å². The first-order valence-corrected chi connectivity index (χ1v) is 7.59. The summed E-state index contributed by atoms with van der Waals surface area (Å²) >= 11 is 0. The summed E-state index contributed by atoms with van der Waals surface area (Å²) in [5, 5.41) is 3.01. The van der Waals surface area contributed by atoms with Crippen LogP contribution in [-0.4, -0.2) is 19.0 Å². The minimum Gasteiger partial charge on any atom is -0.356 e. The van der Waals surface area contributed by atoms with Gasteiger partial charge in [-0.05, 0) is 18.8 Å². The van der Waals surface area contributed by atoms with E-state index in [1.54, 1.807) is 0 Å². The van der Waals surface area contributed by atoms with Crippen molar-refractivity contribution < 1.29 is 4.79 Å². The van der Waals surface area contributed by atoms with Crippen LogP contribution in [0, 0.1) is 11.8 Å². The van der Waals surface area contributed by atoms with Gasteiger partial charge in [0.15, 0.2) is 0 Å². The fourth-order valence-electron chi connectivity index (χ4n) is 2.14. The predicted molar refractivity (Wildman–Crippen MR) is 78.4 cm³/mol. The normalized spacial score (nSPS) is 12.7. The maximum absolute atomic E-state index is 11.9. The van der Waals surface area contributed by atoms with Gasteiger partial charge in [-0.1, -0.05) is 52.9 Å². The monoisotopic (exact) mass is 256 g/mol. The molecule has 0 rings (SSSR count). The van der Waals surface area contributed by atoms with Crippen molar-refractivity contribution in [1.29, 1.82) is 0 Å². The first-order valence-electron chi connectivity index (χ1n) is 7.59. The van der Waals surface area contributed by atoms with Gasteiger partial charge >= 0.3 is 0 Å². The number of carbonyl (C=O) groups excluding carboxylic acids is 1. The molecular formula is C15H32N2O. The van der Waals surface area contributed by atoms with Gasteiger partial charge in [-0.3, -0.25) is 4.79 Å². The summed E-state index contributed by atoms with van der Waals surface area (Å²) in [6, 6.07) is 0. The predicted octanol–water partition coefficient (Wildman–Crippen LogP) is 3.08. The van der Waals surface area contributed by atoms with E-state index in [4.69, 9.17) is 5.73 Å². The van der Waals surface area contributed by atoms with E-state index < -0.39 is 0 Å². The lowest BCUT2D eigenvalue weighted by Gasteiger charge is -2.16. The Balaban J connectivity index is 3.56. The average molecular weight is 256 g/mol. The van der Waals surface area contributed by atoms with Gasteiger partial charge in [-0.15, -0.1) is 0 Å². The summed E-state index contributed by atoms with van der Waals surface area (Å²) < 4.78 is 0. The SMILES string of the molecule is CCCCCCCCNC(=O)C(CN)CC(C)C. The zero-order chi connectivity index (χ0) is 13.8. The Morgan fingerprint density at radius 2 is 1.72 bits per heavy atom. The maximum atomic E-state index is 11.9. The molecule has 1 unspecified atom stereocenters. The number of unbranched alkanes of at least 4 members (excludes halogenated alkanes) is 5. The summed E-state index contributed by atoms with van der Waals surface area (Å²) in [6.07, 6.45) is 8.42. The highest BCUT2D eigenvalue weighted by Gasteiger charge is 2.17. The van der Waals surface area contributed by atoms with Gasteiger partial charge in [0.05, 0.1) is 5.92 Å². The minimum atomic E-state index is -0.00917. The van der Waals surface area contributed by atoms with E-state index in [1.807, 2.05) is 0 Å². The molecule has 0 spiro atoms. The molecule has 0 aliphatic heterocycles. The lowest BCUT2D eigenvalue weighted by molar-refractivity contribution is -0.125. The largest absolute Gasteiger partial charge is 0.356 e. The summed E-state index contributed by atoms with van der Waals surface area (Å²) in [5.41, 5.74) is 5.65. The molecule has 0 heterocycles. The number of hydrogen-bond acceptors (Lipinski definition) is 2. The Kier molecular flexibility index (Phi) is 11.2. The van der Waals surface area contributed by atoms with E-state index in [1.165, 1.54) is 32.1 Å². The van der Waals surface area contributed by atoms with Crippen molar-refractivity contribution in [3.8, 4) is 0 Å². The second kappa shape index (κ2) is 11.5. The number of nitrogens with one attached hydrogen (secondary N) is 1. The van der Waals surface area contributed by atoms with E-state index >= 15 is 0 Å². The number of rotatable bonds is 11. The third-order valence-corrected chi connectivity index (χ3v) is 3.24. The highest BCUT2D eigenvalue weighted by Crippen LogP contribution is 2.10. The van der Waals surface area contributed by atoms with Gasteiger partial charge in [0.1, 0.15) is 0 Å². The third-order valence-electron chi connectivity index (χ3n) is 3.24. The van der Waals surface area contributed by atoms with Crippen molar-refractivity contribution in [2.75, 3.05) is 13.1 Å². The van der Waals surface area contributed by atoms with Crippen LogP contribution in [0.15, 0.2) is 0 Å². The Bertz CT molecular complexity index is 205. The quantitative estimate of drug-likeness (QED) is 0.558. The topological polar surface area (TPSA) is 55.1 Å². The Hall–Kier alpha value is -0.570. The molecule has 0 saturated heterocycles. The van der Waals surface area contributed by atoms with E-state index in [0.29, 0.717) is 12.5 Å². The molecular weight excluding hydrogens is 224 g/mol. The molecule has 18 heavy (non-hydrogen) atoms. The number of hydrogen-bond donors (Lipinski definition) is 2. The van der Waals surface area contributed by atoms with Crippen LogP contribution in [0.25, 0.3) is 0 Å². The zero-order valence-electron chi connectivity index (χ0n) is 12.5. The molecule has 3 N–H and O–H groups in total. The minimum absolute atomic E-state index is 0.00917. The fraction of sp³-hybridized carbons (Fsp3) is 0.933. The van der Waals surface area contributed by atoms with Gasteiger partial charge in [0.2, 0.25) is 5.91 Å². The van der Waals surface area contributed by atoms with Crippen LogP contribution in [-0.2, 0) is 4.79 Å². The molecule has 3 nitrogen and oxygen atoms in total. The highest BCUT2D eigenvalue weighted by atomic mass is 16.1. The Morgan fingerprint density at radius 3 is 2.28 bits per heavy atom. The number of amides is 1. The highest BCUT2D eigenvalue weighted by molar-refractivity contribution is 5.78. The summed E-state index contributed by atoms with van der Waals surface area (Å²) in [7, 11) is 0. The van der Waals surface area contributed by atoms with Crippen LogP contribution in [0.3, 0.4) is 0 Å². The lowest BCUT2D eigenvalue weighted by atomic mass is 9.96. The van der Waals surface area contributed by atoms with Gasteiger partial charge < -0.3 is 11.1 Å². The van der Waals surface area contributed by atoms with Crippen LogP contribution >= 0.6 is 0 Å². The molecule has 1 amide bonds. The summed E-state index contributed by atoms with van der Waals surface area (Å²) in [4.78, 5) is 11.9. The molecule has 0 aromatic heterocycles. The van der Waals surface area contributed by atoms with E-state index in [0.717, 1.165) is 19.4 Å². The van der Waals surface area contributed by atoms with Crippen molar-refractivity contribution in [2.45, 2.75) is 65.7 Å². The molecule has 0 aromatic rings. The summed E-state index contributed by atoms with van der Waals surface area (Å²) in [5.74, 6) is 0.656. The molecule has 0 aromatic carbocycles. The van der Waals surface area contributed by atoms with Crippen LogP contribution in [0.4, 0.5) is 0 Å². The Labute approximate surface area is 113 Å². The molecule has 3 heteroatoms. The molecule has 0 saturated carbocycles. The van der Waals surface area contributed by atoms with Crippen molar-refractivity contribution in [1.82, 2.24) is 5.32 Å². The third kappa shape index (κ3) is 9.46. The van der Waals surface area contributed by atoms with Crippen LogP contribution in [0.5, 0.6) is 0 Å². The first-order chi connectivity index (χ1) is 8.61. The average Bonchev–Trinajstić information content (AvgIpc) is 2.34. The zero-order valence-corrected chi connectivity index (χ0v) is 12.5. The molecule has 0 aliphatic carbocycles. The second-order valence-electron chi connectivity index (χ2n) is 5.62. The van der Waals surface area contributed by atoms with Gasteiger partial charge in [-0.25, -0.2) is 0 Å². The lowest BCUT2D eigenvalue weighted by Crippen LogP contribution is -2.36. The molecule has 108 valence electrons. The number of carbonyl (C=O) groups is 1. The van der Waals surface area contributed by atoms with E-state index in [9.17, 15) is 4.79 Å². The van der Waals surface area contributed by atoms with Crippen LogP contribution < -0.4 is 11.1 Å². The Morgan fingerprint density at radius 1 is 1.11 bits per heavy atom. The summed E-state index contributed by atoms with van der Waals surface area (Å²) in [6.45, 7) is 7.75. The second-order valence-corrected chi connectivity index (χ2v) is 5.62. The smallest absolute Gasteiger partial charge is 0.224 e. The molecule has 0 fully saturated rings. The molecule has 0 aliphatic rings. The van der Waals surface area contributed by atoms with Crippen molar-refractivity contribution >= 4 is 5.91 Å². The van der Waals surface area contributed by atoms with Crippen LogP contribution in [0.1, 0.15) is 65.7 Å².